The summed E-state index contributed by atoms with van der Waals surface area (Å²) in [5.74, 6) is -0.0827. The third kappa shape index (κ3) is 4.24. The second kappa shape index (κ2) is 9.06. The number of nitrogens with zero attached hydrogens (tertiary/aromatic N) is 3. The second-order valence-corrected chi connectivity index (χ2v) is 8.96. The Hall–Kier alpha value is -2.29. The SMILES string of the molecule is CO.O=C(c1cn2cc(Br)cc(CF)c2n1)N1CCC2(CC1)Cc1ccccc1CN2. The van der Waals surface area contributed by atoms with E-state index in [1.165, 1.54) is 11.1 Å². The van der Waals surface area contributed by atoms with Crippen LogP contribution in [0, 0.1) is 0 Å². The highest BCUT2D eigenvalue weighted by molar-refractivity contribution is 9.10. The van der Waals surface area contributed by atoms with Crippen molar-refractivity contribution in [2.45, 2.75) is 38.0 Å². The summed E-state index contributed by atoms with van der Waals surface area (Å²) >= 11 is 3.38. The van der Waals surface area contributed by atoms with E-state index in [4.69, 9.17) is 5.11 Å². The lowest BCUT2D eigenvalue weighted by atomic mass is 9.78. The van der Waals surface area contributed by atoms with Crippen LogP contribution < -0.4 is 5.32 Å². The minimum Gasteiger partial charge on any atom is -0.400 e. The van der Waals surface area contributed by atoms with E-state index in [1.807, 2.05) is 4.90 Å². The Balaban J connectivity index is 0.00000112. The number of pyridine rings is 1. The summed E-state index contributed by atoms with van der Waals surface area (Å²) in [6.07, 6.45) is 6.34. The zero-order valence-corrected chi connectivity index (χ0v) is 19.0. The van der Waals surface area contributed by atoms with Crippen molar-refractivity contribution in [3.05, 3.63) is 69.6 Å². The van der Waals surface area contributed by atoms with E-state index < -0.39 is 6.67 Å². The van der Waals surface area contributed by atoms with Crippen molar-refractivity contribution < 1.29 is 14.3 Å². The Morgan fingerprint density at radius 1 is 1.23 bits per heavy atom. The maximum absolute atomic E-state index is 13.3. The quantitative estimate of drug-likeness (QED) is 0.579. The number of amides is 1. The number of carbonyl (C=O) groups excluding carboxylic acids is 1. The van der Waals surface area contributed by atoms with Gasteiger partial charge in [-0.1, -0.05) is 24.3 Å². The van der Waals surface area contributed by atoms with Crippen molar-refractivity contribution in [2.75, 3.05) is 20.2 Å². The fourth-order valence-corrected chi connectivity index (χ4v) is 5.09. The zero-order valence-electron chi connectivity index (χ0n) is 17.4. The highest BCUT2D eigenvalue weighted by Gasteiger charge is 2.38. The van der Waals surface area contributed by atoms with Gasteiger partial charge >= 0.3 is 0 Å². The summed E-state index contributed by atoms with van der Waals surface area (Å²) in [5, 5.41) is 10.7. The first-order chi connectivity index (χ1) is 15.1. The van der Waals surface area contributed by atoms with Crippen LogP contribution in [0.1, 0.15) is 40.0 Å². The van der Waals surface area contributed by atoms with Crippen molar-refractivity contribution in [2.24, 2.45) is 0 Å². The summed E-state index contributed by atoms with van der Waals surface area (Å²) in [4.78, 5) is 19.4. The fourth-order valence-electron chi connectivity index (χ4n) is 4.60. The Kier molecular flexibility index (Phi) is 6.41. The third-order valence-electron chi connectivity index (χ3n) is 6.27. The smallest absolute Gasteiger partial charge is 0.274 e. The van der Waals surface area contributed by atoms with Crippen molar-refractivity contribution in [1.29, 1.82) is 0 Å². The van der Waals surface area contributed by atoms with Gasteiger partial charge in [-0.05, 0) is 52.4 Å². The summed E-state index contributed by atoms with van der Waals surface area (Å²) in [6.45, 7) is 1.66. The van der Waals surface area contributed by atoms with E-state index in [0.717, 1.165) is 37.4 Å². The van der Waals surface area contributed by atoms with Gasteiger partial charge in [0.05, 0.1) is 0 Å². The minimum absolute atomic E-state index is 0.0658. The molecule has 1 amide bonds. The first-order valence-electron chi connectivity index (χ1n) is 10.4. The van der Waals surface area contributed by atoms with Gasteiger partial charge in [-0.25, -0.2) is 9.37 Å². The van der Waals surface area contributed by atoms with Gasteiger partial charge < -0.3 is 19.7 Å². The molecule has 0 saturated carbocycles. The first kappa shape index (κ1) is 21.9. The lowest BCUT2D eigenvalue weighted by Gasteiger charge is -2.45. The lowest BCUT2D eigenvalue weighted by Crippen LogP contribution is -2.57. The van der Waals surface area contributed by atoms with Crippen molar-refractivity contribution in [1.82, 2.24) is 19.6 Å². The number of fused-ring (bicyclic) bond motifs is 2. The van der Waals surface area contributed by atoms with E-state index in [9.17, 15) is 9.18 Å². The molecule has 6 nitrogen and oxygen atoms in total. The Morgan fingerprint density at radius 2 is 1.94 bits per heavy atom. The number of aromatic nitrogens is 2. The maximum atomic E-state index is 13.3. The second-order valence-electron chi connectivity index (χ2n) is 8.05. The maximum Gasteiger partial charge on any atom is 0.274 e. The van der Waals surface area contributed by atoms with Crippen LogP contribution in [0.3, 0.4) is 0 Å². The topological polar surface area (TPSA) is 69.9 Å². The molecule has 1 fully saturated rings. The number of imidazole rings is 1. The van der Waals surface area contributed by atoms with Crippen molar-refractivity contribution in [3.8, 4) is 0 Å². The summed E-state index contributed by atoms with van der Waals surface area (Å²) in [7, 11) is 1.00. The molecule has 164 valence electrons. The number of alkyl halides is 1. The molecule has 0 unspecified atom stereocenters. The van der Waals surface area contributed by atoms with Crippen LogP contribution >= 0.6 is 15.9 Å². The average molecular weight is 489 g/mol. The van der Waals surface area contributed by atoms with Crippen molar-refractivity contribution >= 4 is 27.5 Å². The number of hydrogen-bond donors (Lipinski definition) is 2. The molecule has 2 aromatic heterocycles. The predicted molar refractivity (Wildman–Crippen MR) is 121 cm³/mol. The molecule has 8 heteroatoms. The van der Waals surface area contributed by atoms with Crippen LogP contribution in [0.25, 0.3) is 5.65 Å². The number of halogens is 2. The van der Waals surface area contributed by atoms with Gasteiger partial charge in [0.15, 0.2) is 0 Å². The number of carbonyl (C=O) groups is 1. The van der Waals surface area contributed by atoms with Crippen molar-refractivity contribution in [3.63, 3.8) is 0 Å². The van der Waals surface area contributed by atoms with Gasteiger partial charge in [-0.3, -0.25) is 4.79 Å². The van der Waals surface area contributed by atoms with Crippen LogP contribution in [0.15, 0.2) is 47.2 Å². The van der Waals surface area contributed by atoms with Crippen LogP contribution in [0.4, 0.5) is 4.39 Å². The van der Waals surface area contributed by atoms with E-state index in [2.05, 4.69) is 50.5 Å². The highest BCUT2D eigenvalue weighted by atomic mass is 79.9. The van der Waals surface area contributed by atoms with E-state index >= 15 is 0 Å². The predicted octanol–water partition coefficient (Wildman–Crippen LogP) is 3.50. The van der Waals surface area contributed by atoms with Crippen LogP contribution in [0.2, 0.25) is 0 Å². The van der Waals surface area contributed by atoms with E-state index in [0.29, 0.717) is 30.0 Å². The molecule has 2 aliphatic heterocycles. The number of hydrogen-bond acceptors (Lipinski definition) is 4. The van der Waals surface area contributed by atoms with Gasteiger partial charge in [-0.2, -0.15) is 0 Å². The average Bonchev–Trinajstić information content (AvgIpc) is 3.24. The number of benzene rings is 1. The van der Waals surface area contributed by atoms with Gasteiger partial charge in [0.1, 0.15) is 18.0 Å². The van der Waals surface area contributed by atoms with Crippen LogP contribution in [0.5, 0.6) is 0 Å². The lowest BCUT2D eigenvalue weighted by molar-refractivity contribution is 0.0626. The molecule has 1 saturated heterocycles. The molecule has 4 heterocycles. The van der Waals surface area contributed by atoms with E-state index in [-0.39, 0.29) is 11.4 Å². The first-order valence-corrected chi connectivity index (χ1v) is 11.2. The monoisotopic (exact) mass is 488 g/mol. The molecule has 2 N–H and O–H groups in total. The van der Waals surface area contributed by atoms with E-state index in [1.54, 1.807) is 22.9 Å². The highest BCUT2D eigenvalue weighted by Crippen LogP contribution is 2.32. The molecule has 0 bridgehead atoms. The Labute approximate surface area is 189 Å². The van der Waals surface area contributed by atoms with Gasteiger partial charge in [0.25, 0.3) is 5.91 Å². The van der Waals surface area contributed by atoms with Gasteiger partial charge in [0, 0.05) is 54.7 Å². The van der Waals surface area contributed by atoms with Crippen LogP contribution in [-0.4, -0.2) is 51.0 Å². The number of likely N-dealkylation sites (tertiary alicyclic amines) is 1. The molecular weight excluding hydrogens is 463 g/mol. The summed E-state index contributed by atoms with van der Waals surface area (Å²) < 4.78 is 15.8. The zero-order chi connectivity index (χ0) is 22.0. The largest absolute Gasteiger partial charge is 0.400 e. The Bertz CT molecular complexity index is 1090. The fraction of sp³-hybridized carbons (Fsp3) is 0.391. The standard InChI is InChI=1S/C22H22BrFN4O.CH4O/c23-18-9-17(11-24)20-26-19(14-28(20)13-18)21(29)27-7-5-22(6-8-27)10-15-3-1-2-4-16(15)12-25-22;1-2/h1-4,9,13-14,25H,5-8,10-12H2;2H,1H3. The van der Waals surface area contributed by atoms with Crippen LogP contribution in [-0.2, 0) is 19.6 Å². The van der Waals surface area contributed by atoms with Gasteiger partial charge in [0.2, 0.25) is 0 Å². The third-order valence-corrected chi connectivity index (χ3v) is 6.70. The molecule has 5 rings (SSSR count). The molecule has 0 aliphatic carbocycles. The number of aliphatic hydroxyl groups is 1. The molecule has 31 heavy (non-hydrogen) atoms. The Morgan fingerprint density at radius 3 is 2.65 bits per heavy atom. The number of nitrogens with one attached hydrogen (secondary N) is 1. The molecule has 0 radical (unpaired) electrons. The summed E-state index contributed by atoms with van der Waals surface area (Å²) in [6, 6.07) is 10.3. The number of rotatable bonds is 2. The number of aliphatic hydroxyl groups excluding tert-OH is 1. The molecule has 1 aromatic carbocycles. The molecule has 3 aromatic rings. The molecule has 0 atom stereocenters. The molecular formula is C23H26BrFN4O2. The minimum atomic E-state index is -0.618. The number of piperidine rings is 1. The normalized spacial score (nSPS) is 17.2. The summed E-state index contributed by atoms with van der Waals surface area (Å²) in [5.41, 5.74) is 4.19. The molecule has 2 aliphatic rings. The molecule has 1 spiro atoms. The van der Waals surface area contributed by atoms with Gasteiger partial charge in [-0.15, -0.1) is 0 Å².